The van der Waals surface area contributed by atoms with Gasteiger partial charge in [0.15, 0.2) is 6.61 Å². The molecule has 0 saturated carbocycles. The number of rotatable bonds is 7. The zero-order valence-electron chi connectivity index (χ0n) is 15.0. The lowest BCUT2D eigenvalue weighted by Gasteiger charge is -2.11. The van der Waals surface area contributed by atoms with Crippen molar-refractivity contribution in [1.82, 2.24) is 5.01 Å². The molecule has 6 nitrogen and oxygen atoms in total. The van der Waals surface area contributed by atoms with Crippen molar-refractivity contribution in [2.45, 2.75) is 11.3 Å². The zero-order chi connectivity index (χ0) is 19.1. The Balaban J connectivity index is 1.43. The number of carbonyl (C=O) groups is 2. The van der Waals surface area contributed by atoms with Crippen LogP contribution in [0, 0.1) is 0 Å². The van der Waals surface area contributed by atoms with Gasteiger partial charge in [0.1, 0.15) is 5.75 Å². The Morgan fingerprint density at radius 1 is 1.11 bits per heavy atom. The number of ether oxygens (including phenoxy) is 2. The van der Waals surface area contributed by atoms with E-state index in [1.165, 1.54) is 16.8 Å². The van der Waals surface area contributed by atoms with E-state index in [0.717, 1.165) is 21.9 Å². The number of carbonyl (C=O) groups excluding carboxylic acids is 2. The highest BCUT2D eigenvalue weighted by Crippen LogP contribution is 2.21. The maximum Gasteiger partial charge on any atom is 0.316 e. The lowest BCUT2D eigenvalue weighted by Crippen LogP contribution is -2.29. The predicted octanol–water partition coefficient (Wildman–Crippen LogP) is 2.97. The van der Waals surface area contributed by atoms with Crippen LogP contribution in [-0.2, 0) is 14.3 Å². The minimum atomic E-state index is -0.435. The van der Waals surface area contributed by atoms with Crippen LogP contribution in [0.3, 0.4) is 0 Å². The molecule has 0 atom stereocenters. The average molecular weight is 384 g/mol. The molecule has 0 N–H and O–H groups in total. The Morgan fingerprint density at radius 2 is 1.85 bits per heavy atom. The van der Waals surface area contributed by atoms with Gasteiger partial charge < -0.3 is 9.47 Å². The third-order valence-corrected chi connectivity index (χ3v) is 4.96. The van der Waals surface area contributed by atoms with Crippen LogP contribution < -0.4 is 4.74 Å². The van der Waals surface area contributed by atoms with Gasteiger partial charge in [0.25, 0.3) is 5.91 Å². The van der Waals surface area contributed by atoms with E-state index in [-0.39, 0.29) is 18.3 Å². The Morgan fingerprint density at radius 3 is 2.56 bits per heavy atom. The van der Waals surface area contributed by atoms with Crippen molar-refractivity contribution in [3.8, 4) is 5.75 Å². The van der Waals surface area contributed by atoms with Crippen LogP contribution in [0.15, 0.2) is 64.6 Å². The van der Waals surface area contributed by atoms with Crippen LogP contribution in [0.5, 0.6) is 5.75 Å². The highest BCUT2D eigenvalue weighted by atomic mass is 32.2. The van der Waals surface area contributed by atoms with E-state index in [0.29, 0.717) is 13.0 Å². The summed E-state index contributed by atoms with van der Waals surface area (Å²) >= 11 is 1.35. The number of esters is 1. The van der Waals surface area contributed by atoms with E-state index in [1.807, 2.05) is 54.6 Å². The second kappa shape index (κ2) is 9.23. The van der Waals surface area contributed by atoms with E-state index in [4.69, 9.17) is 9.47 Å². The predicted molar refractivity (Wildman–Crippen MR) is 104 cm³/mol. The maximum atomic E-state index is 12.2. The summed E-state index contributed by atoms with van der Waals surface area (Å²) in [5, 5.41) is 5.71. The molecule has 0 aromatic heterocycles. The van der Waals surface area contributed by atoms with Crippen LogP contribution in [0.25, 0.3) is 0 Å². The summed E-state index contributed by atoms with van der Waals surface area (Å²) in [4.78, 5) is 25.0. The molecule has 140 valence electrons. The van der Waals surface area contributed by atoms with Crippen molar-refractivity contribution in [3.05, 3.63) is 60.2 Å². The first-order valence-electron chi connectivity index (χ1n) is 8.51. The molecule has 3 rings (SSSR count). The van der Waals surface area contributed by atoms with Crippen molar-refractivity contribution < 1.29 is 19.1 Å². The van der Waals surface area contributed by atoms with Gasteiger partial charge in [-0.25, -0.2) is 5.01 Å². The molecule has 0 aliphatic carbocycles. The van der Waals surface area contributed by atoms with Crippen LogP contribution in [-0.4, -0.2) is 48.6 Å². The fourth-order valence-corrected chi connectivity index (χ4v) is 3.24. The van der Waals surface area contributed by atoms with E-state index in [2.05, 4.69) is 5.10 Å². The lowest BCUT2D eigenvalue weighted by molar-refractivity contribution is -0.149. The van der Waals surface area contributed by atoms with E-state index < -0.39 is 5.97 Å². The van der Waals surface area contributed by atoms with Gasteiger partial charge in [0, 0.05) is 11.3 Å². The number of hydrogen-bond acceptors (Lipinski definition) is 6. The summed E-state index contributed by atoms with van der Waals surface area (Å²) in [6.07, 6.45) is 0.691. The molecule has 0 spiro atoms. The molecule has 1 aliphatic rings. The van der Waals surface area contributed by atoms with Crippen molar-refractivity contribution in [2.75, 3.05) is 26.0 Å². The quantitative estimate of drug-likeness (QED) is 0.542. The Bertz CT molecular complexity index is 822. The highest BCUT2D eigenvalue weighted by molar-refractivity contribution is 8.00. The van der Waals surface area contributed by atoms with Crippen LogP contribution >= 0.6 is 11.8 Å². The molecule has 0 saturated heterocycles. The number of amides is 1. The van der Waals surface area contributed by atoms with E-state index >= 15 is 0 Å². The maximum absolute atomic E-state index is 12.2. The molecule has 27 heavy (non-hydrogen) atoms. The van der Waals surface area contributed by atoms with E-state index in [9.17, 15) is 9.59 Å². The lowest BCUT2D eigenvalue weighted by atomic mass is 10.1. The fourth-order valence-electron chi connectivity index (χ4n) is 2.54. The number of thioether (sulfide) groups is 1. The number of methoxy groups -OCH3 is 1. The molecule has 7 heteroatoms. The summed E-state index contributed by atoms with van der Waals surface area (Å²) in [5.74, 6) is 0.144. The standard InChI is InChI=1S/C20H20N2O4S/c1-25-16-7-9-17(10-8-16)27-14-20(24)26-13-19(23)22-12-11-18(21-22)15-5-3-2-4-6-15/h2-10H,11-14H2,1H3. The summed E-state index contributed by atoms with van der Waals surface area (Å²) in [6, 6.07) is 17.1. The molecular formula is C20H20N2O4S. The second-order valence-electron chi connectivity index (χ2n) is 5.80. The molecule has 0 unspecified atom stereocenters. The molecule has 2 aromatic carbocycles. The first-order chi connectivity index (χ1) is 13.2. The van der Waals surface area contributed by atoms with E-state index in [1.54, 1.807) is 7.11 Å². The van der Waals surface area contributed by atoms with Gasteiger partial charge in [-0.3, -0.25) is 9.59 Å². The first kappa shape index (κ1) is 19.0. The second-order valence-corrected chi connectivity index (χ2v) is 6.85. The van der Waals surface area contributed by atoms with Crippen molar-refractivity contribution in [2.24, 2.45) is 5.10 Å². The summed E-state index contributed by atoms with van der Waals surface area (Å²) in [6.45, 7) is 0.203. The topological polar surface area (TPSA) is 68.2 Å². The van der Waals surface area contributed by atoms with Crippen molar-refractivity contribution in [1.29, 1.82) is 0 Å². The normalized spacial score (nSPS) is 13.2. The smallest absolute Gasteiger partial charge is 0.316 e. The molecule has 2 aromatic rings. The summed E-state index contributed by atoms with van der Waals surface area (Å²) in [5.41, 5.74) is 1.87. The Labute approximate surface area is 162 Å². The third-order valence-electron chi connectivity index (χ3n) is 3.97. The molecule has 1 aliphatic heterocycles. The molecule has 0 bridgehead atoms. The molecular weight excluding hydrogens is 364 g/mol. The fraction of sp³-hybridized carbons (Fsp3) is 0.250. The highest BCUT2D eigenvalue weighted by Gasteiger charge is 2.22. The van der Waals surface area contributed by atoms with Gasteiger partial charge in [-0.05, 0) is 29.8 Å². The van der Waals surface area contributed by atoms with Crippen LogP contribution in [0.1, 0.15) is 12.0 Å². The molecule has 1 heterocycles. The summed E-state index contributed by atoms with van der Waals surface area (Å²) < 4.78 is 10.2. The van der Waals surface area contributed by atoms with Gasteiger partial charge in [-0.15, -0.1) is 11.8 Å². The minimum absolute atomic E-state index is 0.137. The Hall–Kier alpha value is -2.80. The van der Waals surface area contributed by atoms with Crippen molar-refractivity contribution >= 4 is 29.4 Å². The Kier molecular flexibility index (Phi) is 6.49. The molecule has 0 fully saturated rings. The first-order valence-corrected chi connectivity index (χ1v) is 9.50. The largest absolute Gasteiger partial charge is 0.497 e. The number of hydrazone groups is 1. The molecule has 0 radical (unpaired) electrons. The minimum Gasteiger partial charge on any atom is -0.497 e. The van der Waals surface area contributed by atoms with Gasteiger partial charge >= 0.3 is 5.97 Å². The van der Waals surface area contributed by atoms with Gasteiger partial charge in [-0.1, -0.05) is 30.3 Å². The molecule has 1 amide bonds. The number of benzene rings is 2. The average Bonchev–Trinajstić information content (AvgIpc) is 3.22. The monoisotopic (exact) mass is 384 g/mol. The zero-order valence-corrected chi connectivity index (χ0v) is 15.8. The summed E-state index contributed by atoms with van der Waals surface area (Å²) in [7, 11) is 1.60. The van der Waals surface area contributed by atoms with Gasteiger partial charge in [0.2, 0.25) is 0 Å². The van der Waals surface area contributed by atoms with Gasteiger partial charge in [0.05, 0.1) is 25.1 Å². The van der Waals surface area contributed by atoms with Gasteiger partial charge in [-0.2, -0.15) is 5.10 Å². The van der Waals surface area contributed by atoms with Crippen LogP contribution in [0.4, 0.5) is 0 Å². The van der Waals surface area contributed by atoms with Crippen LogP contribution in [0.2, 0.25) is 0 Å². The SMILES string of the molecule is COc1ccc(SCC(=O)OCC(=O)N2CCC(c3ccccc3)=N2)cc1. The van der Waals surface area contributed by atoms with Crippen molar-refractivity contribution in [3.63, 3.8) is 0 Å². The number of hydrogen-bond donors (Lipinski definition) is 0. The number of nitrogens with zero attached hydrogens (tertiary/aromatic N) is 2. The third kappa shape index (κ3) is 5.34.